The van der Waals surface area contributed by atoms with Crippen molar-refractivity contribution in [3.63, 3.8) is 0 Å². The Morgan fingerprint density at radius 1 is 0.545 bits per heavy atom. The highest BCUT2D eigenvalue weighted by atomic mass is 16.5. The molecule has 0 bridgehead atoms. The molecular formula is C49H87NO5. The van der Waals surface area contributed by atoms with E-state index in [1.807, 2.05) is 0 Å². The minimum atomic E-state index is -0.802. The summed E-state index contributed by atoms with van der Waals surface area (Å²) in [5, 5.41) is 23.6. The van der Waals surface area contributed by atoms with Gasteiger partial charge in [-0.1, -0.05) is 197 Å². The summed E-state index contributed by atoms with van der Waals surface area (Å²) in [7, 11) is 0. The van der Waals surface area contributed by atoms with Gasteiger partial charge in [-0.25, -0.2) is 0 Å². The molecule has 0 aliphatic rings. The maximum Gasteiger partial charge on any atom is 0.306 e. The molecule has 0 saturated carbocycles. The highest BCUT2D eigenvalue weighted by Gasteiger charge is 2.24. The molecule has 0 radical (unpaired) electrons. The first-order valence-corrected chi connectivity index (χ1v) is 23.1. The van der Waals surface area contributed by atoms with Gasteiger partial charge >= 0.3 is 5.97 Å². The molecule has 3 atom stereocenters. The molecule has 6 nitrogen and oxygen atoms in total. The van der Waals surface area contributed by atoms with Crippen LogP contribution in [-0.4, -0.2) is 46.9 Å². The lowest BCUT2D eigenvalue weighted by atomic mass is 10.0. The van der Waals surface area contributed by atoms with Crippen LogP contribution in [0.15, 0.2) is 60.8 Å². The number of unbranched alkanes of at least 4 members (excludes halogenated alkanes) is 21. The Morgan fingerprint density at radius 3 is 1.53 bits per heavy atom. The number of rotatable bonds is 40. The second-order valence-electron chi connectivity index (χ2n) is 15.5. The zero-order valence-corrected chi connectivity index (χ0v) is 36.0. The first kappa shape index (κ1) is 52.6. The Hall–Kier alpha value is -2.44. The number of hydrogen-bond donors (Lipinski definition) is 3. The summed E-state index contributed by atoms with van der Waals surface area (Å²) >= 11 is 0. The molecule has 0 fully saturated rings. The van der Waals surface area contributed by atoms with Crippen molar-refractivity contribution in [1.29, 1.82) is 0 Å². The molecule has 318 valence electrons. The predicted octanol–water partition coefficient (Wildman–Crippen LogP) is 13.3. The summed E-state index contributed by atoms with van der Waals surface area (Å²) in [5.74, 6) is -0.550. The molecular weight excluding hydrogens is 683 g/mol. The number of amides is 1. The fourth-order valence-corrected chi connectivity index (χ4v) is 6.66. The highest BCUT2D eigenvalue weighted by molar-refractivity contribution is 5.77. The number of aliphatic hydroxyl groups is 2. The van der Waals surface area contributed by atoms with Gasteiger partial charge in [0.15, 0.2) is 0 Å². The van der Waals surface area contributed by atoms with E-state index in [4.69, 9.17) is 4.74 Å². The van der Waals surface area contributed by atoms with Gasteiger partial charge in [0.1, 0.15) is 6.10 Å². The average molecular weight is 770 g/mol. The molecule has 0 aromatic rings. The van der Waals surface area contributed by atoms with Crippen LogP contribution < -0.4 is 5.32 Å². The number of nitrogens with one attached hydrogen (secondary N) is 1. The molecule has 1 amide bonds. The topological polar surface area (TPSA) is 95.9 Å². The van der Waals surface area contributed by atoms with Gasteiger partial charge in [-0.2, -0.15) is 0 Å². The van der Waals surface area contributed by atoms with Gasteiger partial charge < -0.3 is 20.3 Å². The lowest BCUT2D eigenvalue weighted by Crippen LogP contribution is -2.46. The molecule has 55 heavy (non-hydrogen) atoms. The minimum absolute atomic E-state index is 0.0344. The lowest BCUT2D eigenvalue weighted by Gasteiger charge is -2.24. The van der Waals surface area contributed by atoms with Crippen LogP contribution in [0.3, 0.4) is 0 Å². The molecule has 0 aliphatic carbocycles. The Bertz CT molecular complexity index is 999. The summed E-state index contributed by atoms with van der Waals surface area (Å²) in [5.41, 5.74) is 0. The quantitative estimate of drug-likeness (QED) is 0.0328. The van der Waals surface area contributed by atoms with Gasteiger partial charge in [0.2, 0.25) is 5.91 Å². The van der Waals surface area contributed by atoms with Crippen molar-refractivity contribution < 1.29 is 24.5 Å². The van der Waals surface area contributed by atoms with Crippen LogP contribution in [0.5, 0.6) is 0 Å². The highest BCUT2D eigenvalue weighted by Crippen LogP contribution is 2.16. The first-order chi connectivity index (χ1) is 27.0. The standard InChI is InChI=1S/C49H87NO5/c1-4-7-10-13-16-19-21-23-25-26-29-31-34-37-40-45(55-49(54)42-39-36-33-30-27-24-22-20-17-14-11-8-5-2)43-48(53)50-46(44-51)47(52)41-38-35-32-28-18-15-12-9-6-3/h8,11,14,17,20,22,25-26,29,31,45-47,51-52H,4-7,9-10,12-13,15-16,18-19,21,23-24,27-28,30,32-44H2,1-3H3,(H,50,53)/b11-8+,17-14+,22-20-,26-25+,31-29+. The van der Waals surface area contributed by atoms with E-state index in [1.165, 1.54) is 83.5 Å². The van der Waals surface area contributed by atoms with Crippen LogP contribution in [0.2, 0.25) is 0 Å². The third kappa shape index (κ3) is 38.2. The monoisotopic (exact) mass is 770 g/mol. The van der Waals surface area contributed by atoms with Gasteiger partial charge in [0, 0.05) is 6.42 Å². The van der Waals surface area contributed by atoms with Crippen molar-refractivity contribution in [2.24, 2.45) is 0 Å². The Balaban J connectivity index is 4.73. The third-order valence-corrected chi connectivity index (χ3v) is 10.2. The maximum absolute atomic E-state index is 13.1. The number of ether oxygens (including phenoxy) is 1. The molecule has 3 unspecified atom stereocenters. The van der Waals surface area contributed by atoms with E-state index in [9.17, 15) is 19.8 Å². The van der Waals surface area contributed by atoms with E-state index in [0.717, 1.165) is 83.5 Å². The van der Waals surface area contributed by atoms with Crippen molar-refractivity contribution in [3.8, 4) is 0 Å². The average Bonchev–Trinajstić information content (AvgIpc) is 3.18. The minimum Gasteiger partial charge on any atom is -0.462 e. The summed E-state index contributed by atoms with van der Waals surface area (Å²) in [6.07, 6.45) is 51.4. The van der Waals surface area contributed by atoms with Crippen LogP contribution >= 0.6 is 0 Å². The Morgan fingerprint density at radius 2 is 1.00 bits per heavy atom. The third-order valence-electron chi connectivity index (χ3n) is 10.2. The smallest absolute Gasteiger partial charge is 0.306 e. The summed E-state index contributed by atoms with van der Waals surface area (Å²) in [6, 6.07) is -0.719. The van der Waals surface area contributed by atoms with E-state index in [0.29, 0.717) is 19.3 Å². The van der Waals surface area contributed by atoms with Crippen LogP contribution in [-0.2, 0) is 14.3 Å². The number of carbonyl (C=O) groups excluding carboxylic acids is 2. The van der Waals surface area contributed by atoms with E-state index in [2.05, 4.69) is 86.8 Å². The van der Waals surface area contributed by atoms with Crippen LogP contribution in [0.4, 0.5) is 0 Å². The normalized spacial score (nSPS) is 13.9. The molecule has 0 rings (SSSR count). The SMILES string of the molecule is CC/C=C/C=C/C=C\CCCCCCCC(=O)OC(CCC/C=C/C=C/CCCCCCCCC)CC(=O)NC(CO)C(O)CCCCCCCCCCC. The van der Waals surface area contributed by atoms with E-state index in [-0.39, 0.29) is 24.9 Å². The zero-order chi connectivity index (χ0) is 40.3. The zero-order valence-electron chi connectivity index (χ0n) is 36.0. The van der Waals surface area contributed by atoms with Gasteiger partial charge in [0.05, 0.1) is 25.2 Å². The van der Waals surface area contributed by atoms with Crippen molar-refractivity contribution in [2.45, 2.75) is 232 Å². The van der Waals surface area contributed by atoms with Crippen molar-refractivity contribution in [3.05, 3.63) is 60.8 Å². The number of esters is 1. The molecule has 0 aliphatic heterocycles. The van der Waals surface area contributed by atoms with Gasteiger partial charge in [-0.3, -0.25) is 9.59 Å². The summed E-state index contributed by atoms with van der Waals surface area (Å²) in [4.78, 5) is 26.0. The predicted molar refractivity (Wildman–Crippen MR) is 236 cm³/mol. The fraction of sp³-hybridized carbons (Fsp3) is 0.755. The Kier molecular flexibility index (Phi) is 40.8. The van der Waals surface area contributed by atoms with Crippen LogP contribution in [0, 0.1) is 0 Å². The number of hydrogen-bond acceptors (Lipinski definition) is 5. The van der Waals surface area contributed by atoms with Crippen LogP contribution in [0.25, 0.3) is 0 Å². The van der Waals surface area contributed by atoms with Crippen molar-refractivity contribution >= 4 is 11.9 Å². The van der Waals surface area contributed by atoms with Gasteiger partial charge in [-0.15, -0.1) is 0 Å². The van der Waals surface area contributed by atoms with E-state index in [1.54, 1.807) is 0 Å². The Labute approximate surface area is 339 Å². The summed E-state index contributed by atoms with van der Waals surface area (Å²) < 4.78 is 5.87. The summed E-state index contributed by atoms with van der Waals surface area (Å²) in [6.45, 7) is 6.29. The van der Waals surface area contributed by atoms with Crippen LogP contribution in [0.1, 0.15) is 213 Å². The molecule has 0 spiro atoms. The molecule has 0 aromatic heterocycles. The first-order valence-electron chi connectivity index (χ1n) is 23.1. The van der Waals surface area contributed by atoms with Crippen molar-refractivity contribution in [1.82, 2.24) is 5.32 Å². The van der Waals surface area contributed by atoms with E-state index >= 15 is 0 Å². The number of aliphatic hydroxyl groups excluding tert-OH is 2. The molecule has 3 N–H and O–H groups in total. The number of allylic oxidation sites excluding steroid dienone is 10. The van der Waals surface area contributed by atoms with Gasteiger partial charge in [-0.05, 0) is 64.2 Å². The second kappa shape index (κ2) is 42.7. The molecule has 0 aromatic carbocycles. The fourth-order valence-electron chi connectivity index (χ4n) is 6.66. The lowest BCUT2D eigenvalue weighted by molar-refractivity contribution is -0.151. The van der Waals surface area contributed by atoms with Crippen molar-refractivity contribution in [2.75, 3.05) is 6.61 Å². The maximum atomic E-state index is 13.1. The molecule has 0 saturated heterocycles. The number of carbonyl (C=O) groups is 2. The molecule has 0 heterocycles. The second-order valence-corrected chi connectivity index (χ2v) is 15.5. The van der Waals surface area contributed by atoms with Gasteiger partial charge in [0.25, 0.3) is 0 Å². The van der Waals surface area contributed by atoms with E-state index < -0.39 is 18.2 Å². The largest absolute Gasteiger partial charge is 0.462 e. The molecule has 6 heteroatoms.